The third-order valence-corrected chi connectivity index (χ3v) is 8.53. The molecule has 0 aliphatic rings. The zero-order chi connectivity index (χ0) is 38.7. The number of thiazole rings is 2. The normalized spacial score (nSPS) is 12.2. The van der Waals surface area contributed by atoms with Gasteiger partial charge in [-0.3, -0.25) is 9.97 Å². The number of benzene rings is 4. The predicted molar refractivity (Wildman–Crippen MR) is 201 cm³/mol. The number of nitrogens with zero attached hydrogens (tertiary/aromatic N) is 4. The third-order valence-electron chi connectivity index (χ3n) is 6.39. The Labute approximate surface area is 322 Å². The first kappa shape index (κ1) is 46.3. The Hall–Kier alpha value is -3.73. The van der Waals surface area contributed by atoms with Gasteiger partial charge in [0.1, 0.15) is 0 Å². The minimum absolute atomic E-state index is 0. The summed E-state index contributed by atoms with van der Waals surface area (Å²) in [5.41, 5.74) is 7.30. The van der Waals surface area contributed by atoms with Crippen molar-refractivity contribution in [3.05, 3.63) is 108 Å². The quantitative estimate of drug-likeness (QED) is 0.0752. The van der Waals surface area contributed by atoms with Crippen LogP contribution in [0.2, 0.25) is 0 Å². The Balaban J connectivity index is 0.000000387. The van der Waals surface area contributed by atoms with E-state index < -0.39 is 7.81 Å². The summed E-state index contributed by atoms with van der Waals surface area (Å²) in [6.45, 7) is 16.2. The smallest absolute Gasteiger partial charge is 3.00 e. The van der Waals surface area contributed by atoms with Gasteiger partial charge >= 0.3 is 52.5 Å². The largest absolute Gasteiger partial charge is 3.00 e. The van der Waals surface area contributed by atoms with Crippen LogP contribution in [0.15, 0.2) is 84.9 Å². The second-order valence-corrected chi connectivity index (χ2v) is 16.8. The van der Waals surface area contributed by atoms with Crippen molar-refractivity contribution in [1.29, 1.82) is 10.5 Å². The Morgan fingerprint density at radius 1 is 0.596 bits per heavy atom. The van der Waals surface area contributed by atoms with Crippen LogP contribution in [-0.4, -0.2) is 9.97 Å². The van der Waals surface area contributed by atoms with Crippen LogP contribution < -0.4 is 0 Å². The van der Waals surface area contributed by atoms with Crippen LogP contribution in [0.3, 0.4) is 0 Å². The van der Waals surface area contributed by atoms with E-state index in [0.717, 1.165) is 32.2 Å². The predicted octanol–water partition coefficient (Wildman–Crippen LogP) is 14.6. The van der Waals surface area contributed by atoms with Crippen LogP contribution in [0.4, 0.5) is 25.2 Å². The average molecular weight is 863 g/mol. The molecule has 6 rings (SSSR count). The molecule has 0 radical (unpaired) electrons. The molecule has 0 N–H and O–H groups in total. The molecule has 0 spiro atoms. The molecule has 0 amide bonds. The van der Waals surface area contributed by atoms with Gasteiger partial charge in [-0.1, -0.05) is 53.7 Å². The van der Waals surface area contributed by atoms with Gasteiger partial charge in [0.15, 0.2) is 0 Å². The fourth-order valence-corrected chi connectivity index (χ4v) is 5.94. The van der Waals surface area contributed by atoms with Gasteiger partial charge in [-0.05, 0) is 46.2 Å². The number of hydrogen-bond donors (Lipinski definition) is 0. The van der Waals surface area contributed by atoms with E-state index in [1.54, 1.807) is 34.8 Å². The molecule has 4 aromatic carbocycles. The van der Waals surface area contributed by atoms with Crippen molar-refractivity contribution in [3.8, 4) is 33.3 Å². The number of nitriles is 2. The molecule has 0 saturated heterocycles. The summed E-state index contributed by atoms with van der Waals surface area (Å²) in [6, 6.07) is 39.2. The Morgan fingerprint density at radius 3 is 1.15 bits per heavy atom. The van der Waals surface area contributed by atoms with E-state index in [-0.39, 0.29) is 30.3 Å². The van der Waals surface area contributed by atoms with Crippen molar-refractivity contribution >= 4 is 50.9 Å². The van der Waals surface area contributed by atoms with Crippen molar-refractivity contribution in [2.24, 2.45) is 0 Å². The molecule has 2 aromatic heterocycles. The Morgan fingerprint density at radius 2 is 0.904 bits per heavy atom. The molecule has 14 heteroatoms. The molecule has 0 aliphatic carbocycles. The minimum Gasteiger partial charge on any atom is 3.00 e. The van der Waals surface area contributed by atoms with Gasteiger partial charge in [0, 0.05) is 33.3 Å². The van der Waals surface area contributed by atoms with Gasteiger partial charge < -0.3 is 0 Å². The van der Waals surface area contributed by atoms with E-state index in [0.29, 0.717) is 0 Å². The molecular formula is C38H38F6N4PRhS2. The van der Waals surface area contributed by atoms with E-state index in [9.17, 15) is 25.2 Å². The van der Waals surface area contributed by atoms with E-state index in [4.69, 9.17) is 20.5 Å². The molecule has 4 nitrogen and oxygen atoms in total. The standard InChI is InChI=1S/2C17H16NS.2C2H3N.F6P.Rh/c2*1-17(2,3)13-9-10-15-14(11-13)18-16(19-15)12-7-5-4-6-8-12;2*1-2-3;1-7(2,3,4,5)6;/h2*4-7,9-11H,1-3H3;2*1H3;;/q2*-1;;;-1;+3. The summed E-state index contributed by atoms with van der Waals surface area (Å²) < 4.78 is 61.7. The summed E-state index contributed by atoms with van der Waals surface area (Å²) in [4.78, 5) is 9.49. The Kier molecular flexibility index (Phi) is 15.9. The Bertz CT molecular complexity index is 1960. The van der Waals surface area contributed by atoms with Crippen LogP contribution in [-0.2, 0) is 30.3 Å². The number of rotatable bonds is 2. The summed E-state index contributed by atoms with van der Waals surface area (Å²) in [5, 5.41) is 16.7. The van der Waals surface area contributed by atoms with E-state index in [2.05, 4.69) is 102 Å². The van der Waals surface area contributed by atoms with Gasteiger partial charge in [0.25, 0.3) is 0 Å². The fourth-order valence-electron chi connectivity index (χ4n) is 4.07. The molecule has 0 unspecified atom stereocenters. The third kappa shape index (κ3) is 17.2. The number of fused-ring (bicyclic) bond motifs is 2. The van der Waals surface area contributed by atoms with Crippen LogP contribution in [0, 0.1) is 34.8 Å². The van der Waals surface area contributed by atoms with E-state index >= 15 is 0 Å². The summed E-state index contributed by atoms with van der Waals surface area (Å²) in [6.07, 6.45) is 0. The fraction of sp³-hybridized carbons (Fsp3) is 0.263. The van der Waals surface area contributed by atoms with Crippen molar-refractivity contribution in [2.45, 2.75) is 66.2 Å². The number of aromatic nitrogens is 2. The average Bonchev–Trinajstić information content (AvgIpc) is 3.65. The first-order valence-electron chi connectivity index (χ1n) is 15.3. The zero-order valence-electron chi connectivity index (χ0n) is 29.7. The first-order chi connectivity index (χ1) is 23.4. The minimum atomic E-state index is -10.7. The number of hydrogen-bond acceptors (Lipinski definition) is 6. The molecule has 0 aliphatic heterocycles. The van der Waals surface area contributed by atoms with Crippen LogP contribution in [0.5, 0.6) is 0 Å². The zero-order valence-corrected chi connectivity index (χ0v) is 33.9. The van der Waals surface area contributed by atoms with E-state index in [1.165, 1.54) is 34.4 Å². The summed E-state index contributed by atoms with van der Waals surface area (Å²) in [5.74, 6) is 0. The van der Waals surface area contributed by atoms with Crippen molar-refractivity contribution < 1.29 is 44.7 Å². The summed E-state index contributed by atoms with van der Waals surface area (Å²) in [7, 11) is -10.7. The number of halogens is 6. The molecule has 0 saturated carbocycles. The van der Waals surface area contributed by atoms with Gasteiger partial charge in [0.05, 0.1) is 23.2 Å². The maximum Gasteiger partial charge on any atom is 3.00 e. The first-order valence-corrected chi connectivity index (χ1v) is 19.0. The topological polar surface area (TPSA) is 73.4 Å². The van der Waals surface area contributed by atoms with Crippen molar-refractivity contribution in [2.75, 3.05) is 0 Å². The molecular weight excluding hydrogens is 824 g/mol. The molecule has 52 heavy (non-hydrogen) atoms. The maximum atomic E-state index is 9.87. The van der Waals surface area contributed by atoms with Crippen molar-refractivity contribution in [3.63, 3.8) is 0 Å². The van der Waals surface area contributed by atoms with Gasteiger partial charge in [0.2, 0.25) is 0 Å². The summed E-state index contributed by atoms with van der Waals surface area (Å²) >= 11 is 3.45. The van der Waals surface area contributed by atoms with Gasteiger partial charge in [-0.25, -0.2) is 0 Å². The molecule has 0 bridgehead atoms. The van der Waals surface area contributed by atoms with E-state index in [1.807, 2.05) is 36.4 Å². The van der Waals surface area contributed by atoms with Crippen LogP contribution in [0.1, 0.15) is 66.5 Å². The van der Waals surface area contributed by atoms with Crippen LogP contribution in [0.25, 0.3) is 41.6 Å². The van der Waals surface area contributed by atoms with Crippen molar-refractivity contribution in [1.82, 2.24) is 9.97 Å². The maximum absolute atomic E-state index is 10.7. The van der Waals surface area contributed by atoms with Crippen LogP contribution >= 0.6 is 30.5 Å². The molecule has 6 aromatic rings. The molecule has 2 heterocycles. The van der Waals surface area contributed by atoms with Gasteiger partial charge in [-0.15, -0.1) is 71.8 Å². The molecule has 0 atom stereocenters. The molecule has 278 valence electrons. The second kappa shape index (κ2) is 17.9. The van der Waals surface area contributed by atoms with Gasteiger partial charge in [-0.2, -0.15) is 33.2 Å². The second-order valence-electron chi connectivity index (χ2n) is 12.9. The molecule has 0 fully saturated rings. The SMILES string of the molecule is CC#N.CC#N.CC(C)(C)c1ccc2sc(-c3[c-]cccc3)nc2c1.CC(C)(C)c1ccc2sc(-c3[c-]cccc3)nc2c1.F[P-](F)(F)(F)(F)F.[Rh+3]. The monoisotopic (exact) mass is 862 g/mol.